The molecule has 0 aromatic heterocycles. The van der Waals surface area contributed by atoms with Gasteiger partial charge in [0.05, 0.1) is 11.3 Å². The lowest BCUT2D eigenvalue weighted by molar-refractivity contribution is -0.116. The van der Waals surface area contributed by atoms with Gasteiger partial charge in [0.1, 0.15) is 6.07 Å². The largest absolute Gasteiger partial charge is 0.325 e. The highest BCUT2D eigenvalue weighted by Crippen LogP contribution is 2.26. The van der Waals surface area contributed by atoms with Crippen LogP contribution < -0.4 is 10.6 Å². The van der Waals surface area contributed by atoms with Gasteiger partial charge >= 0.3 is 0 Å². The zero-order valence-electron chi connectivity index (χ0n) is 12.0. The van der Waals surface area contributed by atoms with Crippen LogP contribution in [0.15, 0.2) is 24.3 Å². The zero-order chi connectivity index (χ0) is 14.7. The normalized spacial score (nSPS) is 24.5. The maximum absolute atomic E-state index is 12.0. The fourth-order valence-electron chi connectivity index (χ4n) is 3.30. The van der Waals surface area contributed by atoms with E-state index in [0.29, 0.717) is 17.7 Å². The van der Waals surface area contributed by atoms with Gasteiger partial charge in [-0.1, -0.05) is 12.1 Å². The smallest absolute Gasteiger partial charge is 0.225 e. The number of nitriles is 1. The molecule has 2 unspecified atom stereocenters. The lowest BCUT2D eigenvalue weighted by Crippen LogP contribution is -2.29. The van der Waals surface area contributed by atoms with Crippen LogP contribution in [0.25, 0.3) is 0 Å². The third-order valence-corrected chi connectivity index (χ3v) is 4.44. The van der Waals surface area contributed by atoms with Crippen molar-refractivity contribution in [2.24, 2.45) is 11.8 Å². The molecule has 21 heavy (non-hydrogen) atoms. The summed E-state index contributed by atoms with van der Waals surface area (Å²) < 4.78 is 0. The van der Waals surface area contributed by atoms with E-state index in [0.717, 1.165) is 44.6 Å². The highest BCUT2D eigenvalue weighted by Gasteiger charge is 2.35. The number of para-hydroxylation sites is 1. The second kappa shape index (κ2) is 6.25. The maximum Gasteiger partial charge on any atom is 0.225 e. The van der Waals surface area contributed by atoms with Crippen LogP contribution in [0.3, 0.4) is 0 Å². The minimum atomic E-state index is -0.0205. The van der Waals surface area contributed by atoms with Gasteiger partial charge in [-0.15, -0.1) is 0 Å². The van der Waals surface area contributed by atoms with E-state index in [1.165, 1.54) is 0 Å². The number of benzene rings is 1. The van der Waals surface area contributed by atoms with Gasteiger partial charge in [0.15, 0.2) is 0 Å². The van der Waals surface area contributed by atoms with Crippen LogP contribution >= 0.6 is 0 Å². The number of hydrogen-bond donors (Lipinski definition) is 2. The van der Waals surface area contributed by atoms with Crippen LogP contribution in [0.1, 0.15) is 12.0 Å². The number of fused-ring (bicyclic) bond motifs is 1. The average molecular weight is 284 g/mol. The highest BCUT2D eigenvalue weighted by atomic mass is 16.1. The van der Waals surface area contributed by atoms with E-state index >= 15 is 0 Å². The molecule has 1 aromatic carbocycles. The summed E-state index contributed by atoms with van der Waals surface area (Å²) in [7, 11) is 0. The average Bonchev–Trinajstić information content (AvgIpc) is 3.07. The van der Waals surface area contributed by atoms with Crippen LogP contribution in [0.5, 0.6) is 0 Å². The zero-order valence-corrected chi connectivity index (χ0v) is 12.0. The fraction of sp³-hybridized carbons (Fsp3) is 0.500. The van der Waals surface area contributed by atoms with Gasteiger partial charge in [-0.25, -0.2) is 0 Å². The third-order valence-electron chi connectivity index (χ3n) is 4.44. The van der Waals surface area contributed by atoms with Crippen molar-refractivity contribution in [1.29, 1.82) is 5.26 Å². The number of hydrogen-bond acceptors (Lipinski definition) is 4. The molecule has 3 rings (SSSR count). The van der Waals surface area contributed by atoms with Crippen molar-refractivity contribution in [3.63, 3.8) is 0 Å². The molecule has 0 bridgehead atoms. The molecule has 2 aliphatic heterocycles. The lowest BCUT2D eigenvalue weighted by atomic mass is 10.0. The number of nitrogens with zero attached hydrogens (tertiary/aromatic N) is 2. The first-order valence-corrected chi connectivity index (χ1v) is 7.48. The van der Waals surface area contributed by atoms with Crippen molar-refractivity contribution in [3.05, 3.63) is 29.8 Å². The Balaban J connectivity index is 1.48. The number of likely N-dealkylation sites (tertiary alicyclic amines) is 1. The monoisotopic (exact) mass is 284 g/mol. The molecule has 2 saturated heterocycles. The highest BCUT2D eigenvalue weighted by molar-refractivity contribution is 5.92. The summed E-state index contributed by atoms with van der Waals surface area (Å²) in [4.78, 5) is 14.4. The molecule has 5 nitrogen and oxygen atoms in total. The van der Waals surface area contributed by atoms with Crippen LogP contribution in [-0.4, -0.2) is 43.5 Å². The summed E-state index contributed by atoms with van der Waals surface area (Å²) >= 11 is 0. The van der Waals surface area contributed by atoms with Gasteiger partial charge < -0.3 is 15.5 Å². The molecule has 1 amide bonds. The Morgan fingerprint density at radius 3 is 2.76 bits per heavy atom. The first-order valence-electron chi connectivity index (χ1n) is 7.48. The van der Waals surface area contributed by atoms with Crippen molar-refractivity contribution in [2.45, 2.75) is 6.42 Å². The summed E-state index contributed by atoms with van der Waals surface area (Å²) in [5.41, 5.74) is 1.11. The molecule has 0 spiro atoms. The van der Waals surface area contributed by atoms with Gasteiger partial charge in [-0.05, 0) is 37.1 Å². The Bertz CT molecular complexity index is 554. The van der Waals surface area contributed by atoms with Crippen molar-refractivity contribution < 1.29 is 4.79 Å². The third kappa shape index (κ3) is 3.23. The van der Waals surface area contributed by atoms with E-state index in [-0.39, 0.29) is 5.91 Å². The molecule has 2 aliphatic rings. The molecule has 1 aromatic rings. The van der Waals surface area contributed by atoms with E-state index in [1.54, 1.807) is 18.2 Å². The molecule has 2 heterocycles. The van der Waals surface area contributed by atoms with Gasteiger partial charge in [0.25, 0.3) is 0 Å². The second-order valence-electron chi connectivity index (χ2n) is 5.89. The molecule has 0 aliphatic carbocycles. The number of rotatable bonds is 4. The van der Waals surface area contributed by atoms with Gasteiger partial charge in [-0.2, -0.15) is 5.26 Å². The predicted molar refractivity (Wildman–Crippen MR) is 80.7 cm³/mol. The Morgan fingerprint density at radius 1 is 1.33 bits per heavy atom. The molecule has 5 heteroatoms. The number of anilines is 1. The Morgan fingerprint density at radius 2 is 2.05 bits per heavy atom. The van der Waals surface area contributed by atoms with Crippen LogP contribution in [-0.2, 0) is 4.79 Å². The first kappa shape index (κ1) is 14.1. The van der Waals surface area contributed by atoms with Crippen molar-refractivity contribution in [3.8, 4) is 6.07 Å². The van der Waals surface area contributed by atoms with Gasteiger partial charge in [-0.3, -0.25) is 4.79 Å². The summed E-state index contributed by atoms with van der Waals surface area (Å²) in [6.07, 6.45) is 0.479. The molecule has 2 fully saturated rings. The van der Waals surface area contributed by atoms with E-state index in [4.69, 9.17) is 5.26 Å². The summed E-state index contributed by atoms with van der Waals surface area (Å²) in [6.45, 7) is 5.22. The number of carbonyl (C=O) groups excluding carboxylic acids is 1. The Hall–Kier alpha value is -1.90. The number of nitrogens with one attached hydrogen (secondary N) is 2. The summed E-state index contributed by atoms with van der Waals surface area (Å²) in [5, 5.41) is 15.3. The minimum Gasteiger partial charge on any atom is -0.325 e. The standard InChI is InChI=1S/C16H20N4O/c17-7-12-3-1-2-4-15(12)19-16(21)5-6-20-10-13-8-18-9-14(13)11-20/h1-4,13-14,18H,5-6,8-11H2,(H,19,21). The van der Waals surface area contributed by atoms with Crippen molar-refractivity contribution in [1.82, 2.24) is 10.2 Å². The molecular weight excluding hydrogens is 264 g/mol. The quantitative estimate of drug-likeness (QED) is 0.867. The molecule has 2 N–H and O–H groups in total. The Kier molecular flexibility index (Phi) is 4.18. The molecule has 110 valence electrons. The summed E-state index contributed by atoms with van der Waals surface area (Å²) in [5.74, 6) is 1.49. The van der Waals surface area contributed by atoms with Crippen LogP contribution in [0, 0.1) is 23.2 Å². The number of carbonyl (C=O) groups is 1. The molecule has 0 radical (unpaired) electrons. The predicted octanol–water partition coefficient (Wildman–Crippen LogP) is 1.04. The molecular formula is C16H20N4O. The van der Waals surface area contributed by atoms with Crippen molar-refractivity contribution in [2.75, 3.05) is 38.0 Å². The lowest BCUT2D eigenvalue weighted by Gasteiger charge is -2.16. The molecule has 2 atom stereocenters. The number of amides is 1. The van der Waals surface area contributed by atoms with Crippen LogP contribution in [0.2, 0.25) is 0 Å². The maximum atomic E-state index is 12.0. The topological polar surface area (TPSA) is 68.2 Å². The van der Waals surface area contributed by atoms with E-state index in [1.807, 2.05) is 6.07 Å². The van der Waals surface area contributed by atoms with E-state index in [9.17, 15) is 4.79 Å². The summed E-state index contributed by atoms with van der Waals surface area (Å²) in [6, 6.07) is 9.19. The SMILES string of the molecule is N#Cc1ccccc1NC(=O)CCN1CC2CNCC2C1. The van der Waals surface area contributed by atoms with E-state index < -0.39 is 0 Å². The molecule has 0 saturated carbocycles. The van der Waals surface area contributed by atoms with Crippen LogP contribution in [0.4, 0.5) is 5.69 Å². The van der Waals surface area contributed by atoms with Gasteiger partial charge in [0, 0.05) is 26.1 Å². The Labute approximate surface area is 124 Å². The van der Waals surface area contributed by atoms with E-state index in [2.05, 4.69) is 21.6 Å². The second-order valence-corrected chi connectivity index (χ2v) is 5.89. The first-order chi connectivity index (χ1) is 10.3. The minimum absolute atomic E-state index is 0.0205. The fourth-order valence-corrected chi connectivity index (χ4v) is 3.30. The van der Waals surface area contributed by atoms with Crippen molar-refractivity contribution >= 4 is 11.6 Å². The van der Waals surface area contributed by atoms with Gasteiger partial charge in [0.2, 0.25) is 5.91 Å².